The van der Waals surface area contributed by atoms with Gasteiger partial charge in [0.05, 0.1) is 24.7 Å². The van der Waals surface area contributed by atoms with Gasteiger partial charge in [0.2, 0.25) is 0 Å². The molecule has 1 amide bonds. The summed E-state index contributed by atoms with van der Waals surface area (Å²) in [5.41, 5.74) is 1.51. The van der Waals surface area contributed by atoms with Crippen LogP contribution < -0.4 is 5.32 Å². The molecule has 1 aromatic carbocycles. The molecule has 0 spiro atoms. The zero-order valence-electron chi connectivity index (χ0n) is 12.5. The lowest BCUT2D eigenvalue weighted by Gasteiger charge is -2.28. The minimum Gasteiger partial charge on any atom is -0.469 e. The van der Waals surface area contributed by atoms with Gasteiger partial charge >= 0.3 is 5.97 Å². The summed E-state index contributed by atoms with van der Waals surface area (Å²) in [6, 6.07) is 5.45. The highest BCUT2D eigenvalue weighted by Gasteiger charge is 2.28. The number of hydrogen-bond acceptors (Lipinski definition) is 4. The first-order valence-corrected chi connectivity index (χ1v) is 7.49. The monoisotopic (exact) mass is 301 g/mol. The smallest absolute Gasteiger partial charge is 0.308 e. The molecule has 6 nitrogen and oxygen atoms in total. The number of benzene rings is 1. The highest BCUT2D eigenvalue weighted by Crippen LogP contribution is 2.25. The first kappa shape index (κ1) is 14.6. The van der Waals surface area contributed by atoms with Crippen molar-refractivity contribution < 1.29 is 14.3 Å². The van der Waals surface area contributed by atoms with Gasteiger partial charge in [-0.05, 0) is 37.5 Å². The van der Waals surface area contributed by atoms with E-state index in [0.717, 1.165) is 30.2 Å². The van der Waals surface area contributed by atoms with Crippen molar-refractivity contribution in [2.45, 2.75) is 31.7 Å². The number of methoxy groups -OCH3 is 1. The van der Waals surface area contributed by atoms with Gasteiger partial charge in [-0.2, -0.15) is 5.10 Å². The number of amides is 1. The van der Waals surface area contributed by atoms with Crippen LogP contribution in [0.5, 0.6) is 0 Å². The van der Waals surface area contributed by atoms with Gasteiger partial charge in [0.1, 0.15) is 0 Å². The maximum atomic E-state index is 12.4. The van der Waals surface area contributed by atoms with Crippen molar-refractivity contribution in [3.63, 3.8) is 0 Å². The van der Waals surface area contributed by atoms with Crippen LogP contribution in [-0.2, 0) is 9.53 Å². The third-order valence-electron chi connectivity index (χ3n) is 4.25. The zero-order valence-corrected chi connectivity index (χ0v) is 12.5. The van der Waals surface area contributed by atoms with Crippen molar-refractivity contribution in [2.75, 3.05) is 7.11 Å². The number of rotatable bonds is 3. The summed E-state index contributed by atoms with van der Waals surface area (Å²) < 4.78 is 4.80. The molecule has 0 bridgehead atoms. The molecule has 3 rings (SSSR count). The maximum absolute atomic E-state index is 12.4. The Balaban J connectivity index is 1.66. The lowest BCUT2D eigenvalue weighted by molar-refractivity contribution is -0.146. The molecule has 1 aliphatic carbocycles. The van der Waals surface area contributed by atoms with Crippen LogP contribution in [-0.4, -0.2) is 35.2 Å². The summed E-state index contributed by atoms with van der Waals surface area (Å²) >= 11 is 0. The van der Waals surface area contributed by atoms with Crippen LogP contribution in [0.15, 0.2) is 24.4 Å². The third kappa shape index (κ3) is 2.95. The fourth-order valence-corrected chi connectivity index (χ4v) is 3.05. The maximum Gasteiger partial charge on any atom is 0.308 e. The highest BCUT2D eigenvalue weighted by atomic mass is 16.5. The summed E-state index contributed by atoms with van der Waals surface area (Å²) in [5, 5.41) is 10.7. The number of H-pyrrole nitrogens is 1. The summed E-state index contributed by atoms with van der Waals surface area (Å²) in [6.07, 6.45) is 4.99. The van der Waals surface area contributed by atoms with Crippen LogP contribution in [0.2, 0.25) is 0 Å². The second-order valence-corrected chi connectivity index (χ2v) is 5.73. The molecule has 0 radical (unpaired) electrons. The van der Waals surface area contributed by atoms with Crippen molar-refractivity contribution >= 4 is 22.8 Å². The van der Waals surface area contributed by atoms with E-state index in [0.29, 0.717) is 12.0 Å². The molecular formula is C16H19N3O3. The van der Waals surface area contributed by atoms with E-state index in [1.54, 1.807) is 12.3 Å². The Labute approximate surface area is 128 Å². The SMILES string of the molecule is COC(=O)C1CCCC(NC(=O)c2ccc3[nH]ncc3c2)C1. The van der Waals surface area contributed by atoms with E-state index in [9.17, 15) is 9.59 Å². The van der Waals surface area contributed by atoms with E-state index in [-0.39, 0.29) is 23.8 Å². The van der Waals surface area contributed by atoms with Crippen LogP contribution in [0.4, 0.5) is 0 Å². The molecule has 2 unspecified atom stereocenters. The van der Waals surface area contributed by atoms with Crippen LogP contribution in [0.25, 0.3) is 10.9 Å². The average Bonchev–Trinajstić information content (AvgIpc) is 3.01. The van der Waals surface area contributed by atoms with Crippen LogP contribution >= 0.6 is 0 Å². The topological polar surface area (TPSA) is 84.1 Å². The highest BCUT2D eigenvalue weighted by molar-refractivity contribution is 5.98. The molecule has 6 heteroatoms. The normalized spacial score (nSPS) is 21.5. The largest absolute Gasteiger partial charge is 0.469 e. The number of ether oxygens (including phenoxy) is 1. The summed E-state index contributed by atoms with van der Waals surface area (Å²) in [4.78, 5) is 24.0. The number of hydrogen-bond donors (Lipinski definition) is 2. The van der Waals surface area contributed by atoms with Gasteiger partial charge in [0, 0.05) is 17.0 Å². The minimum absolute atomic E-state index is 0.0189. The lowest BCUT2D eigenvalue weighted by Crippen LogP contribution is -2.40. The lowest BCUT2D eigenvalue weighted by atomic mass is 9.85. The van der Waals surface area contributed by atoms with Gasteiger partial charge in [0.15, 0.2) is 0 Å². The molecule has 22 heavy (non-hydrogen) atoms. The number of nitrogens with one attached hydrogen (secondary N) is 2. The van der Waals surface area contributed by atoms with E-state index in [1.807, 2.05) is 12.1 Å². The molecule has 0 saturated heterocycles. The minimum atomic E-state index is -0.182. The van der Waals surface area contributed by atoms with Crippen molar-refractivity contribution in [1.29, 1.82) is 0 Å². The average molecular weight is 301 g/mol. The fourth-order valence-electron chi connectivity index (χ4n) is 3.05. The molecule has 2 atom stereocenters. The van der Waals surface area contributed by atoms with Crippen LogP contribution in [0, 0.1) is 5.92 Å². The van der Waals surface area contributed by atoms with Gasteiger partial charge < -0.3 is 10.1 Å². The Morgan fingerprint density at radius 3 is 3.05 bits per heavy atom. The predicted molar refractivity (Wildman–Crippen MR) is 81.3 cm³/mol. The molecule has 0 aliphatic heterocycles. The first-order valence-electron chi connectivity index (χ1n) is 7.49. The van der Waals surface area contributed by atoms with Crippen LogP contribution in [0.1, 0.15) is 36.0 Å². The predicted octanol–water partition coefficient (Wildman–Crippen LogP) is 2.02. The number of nitrogens with zero attached hydrogens (tertiary/aromatic N) is 1. The van der Waals surface area contributed by atoms with Crippen molar-refractivity contribution in [1.82, 2.24) is 15.5 Å². The molecule has 1 saturated carbocycles. The molecule has 1 fully saturated rings. The van der Waals surface area contributed by atoms with Gasteiger partial charge in [-0.15, -0.1) is 0 Å². The van der Waals surface area contributed by atoms with Crippen molar-refractivity contribution in [2.24, 2.45) is 5.92 Å². The third-order valence-corrected chi connectivity index (χ3v) is 4.25. The second kappa shape index (κ2) is 6.17. The van der Waals surface area contributed by atoms with E-state index < -0.39 is 0 Å². The number of carbonyl (C=O) groups is 2. The second-order valence-electron chi connectivity index (χ2n) is 5.73. The molecule has 1 aliphatic rings. The number of fused-ring (bicyclic) bond motifs is 1. The van der Waals surface area contributed by atoms with E-state index in [1.165, 1.54) is 7.11 Å². The molecule has 2 aromatic rings. The molecule has 1 aromatic heterocycles. The van der Waals surface area contributed by atoms with E-state index in [4.69, 9.17) is 4.74 Å². The first-order chi connectivity index (χ1) is 10.7. The van der Waals surface area contributed by atoms with Gasteiger partial charge in [-0.1, -0.05) is 6.42 Å². The van der Waals surface area contributed by atoms with Crippen LogP contribution in [0.3, 0.4) is 0 Å². The number of carbonyl (C=O) groups excluding carboxylic acids is 2. The van der Waals surface area contributed by atoms with E-state index in [2.05, 4.69) is 15.5 Å². The van der Waals surface area contributed by atoms with Gasteiger partial charge in [-0.3, -0.25) is 14.7 Å². The Kier molecular flexibility index (Phi) is 4.09. The Morgan fingerprint density at radius 1 is 1.36 bits per heavy atom. The van der Waals surface area contributed by atoms with Gasteiger partial charge in [-0.25, -0.2) is 0 Å². The van der Waals surface area contributed by atoms with Crippen molar-refractivity contribution in [3.05, 3.63) is 30.0 Å². The fraction of sp³-hybridized carbons (Fsp3) is 0.438. The zero-order chi connectivity index (χ0) is 15.5. The summed E-state index contributed by atoms with van der Waals surface area (Å²) in [6.45, 7) is 0. The molecule has 2 N–H and O–H groups in total. The Bertz CT molecular complexity index is 695. The number of esters is 1. The molecule has 116 valence electrons. The molecule has 1 heterocycles. The van der Waals surface area contributed by atoms with Gasteiger partial charge in [0.25, 0.3) is 5.91 Å². The number of aromatic amines is 1. The van der Waals surface area contributed by atoms with E-state index >= 15 is 0 Å². The standard InChI is InChI=1S/C16H19N3O3/c1-22-16(21)11-3-2-4-13(8-11)18-15(20)10-5-6-14-12(7-10)9-17-19-14/h5-7,9,11,13H,2-4,8H2,1H3,(H,17,19)(H,18,20). The Morgan fingerprint density at radius 2 is 2.23 bits per heavy atom. The quantitative estimate of drug-likeness (QED) is 0.850. The molecular weight excluding hydrogens is 282 g/mol. The van der Waals surface area contributed by atoms with Crippen molar-refractivity contribution in [3.8, 4) is 0 Å². The summed E-state index contributed by atoms with van der Waals surface area (Å²) in [5.74, 6) is -0.405. The number of aromatic nitrogens is 2. The Hall–Kier alpha value is -2.37. The summed E-state index contributed by atoms with van der Waals surface area (Å²) in [7, 11) is 1.41.